The van der Waals surface area contributed by atoms with Crippen LogP contribution < -0.4 is 10.6 Å². The van der Waals surface area contributed by atoms with Gasteiger partial charge in [0.05, 0.1) is 5.02 Å². The molecule has 6 heteroatoms. The van der Waals surface area contributed by atoms with Crippen molar-refractivity contribution in [3.05, 3.63) is 21.3 Å². The van der Waals surface area contributed by atoms with Gasteiger partial charge >= 0.3 is 6.09 Å². The molecule has 0 aliphatic rings. The molecule has 0 aliphatic carbocycles. The van der Waals surface area contributed by atoms with Crippen LogP contribution in [0.4, 0.5) is 4.79 Å². The summed E-state index contributed by atoms with van der Waals surface area (Å²) in [6.07, 6.45) is -0.388. The maximum Gasteiger partial charge on any atom is 0.407 e. The molecule has 0 bridgehead atoms. The van der Waals surface area contributed by atoms with Crippen LogP contribution in [0.15, 0.2) is 11.4 Å². The van der Waals surface area contributed by atoms with E-state index >= 15 is 0 Å². The number of hydrogen-bond acceptors (Lipinski definition) is 4. The predicted octanol–water partition coefficient (Wildman–Crippen LogP) is 3.40. The first-order valence-corrected chi connectivity index (χ1v) is 7.45. The molecule has 4 nitrogen and oxygen atoms in total. The Bertz CT molecular complexity index is 415. The average molecular weight is 305 g/mol. The molecule has 1 aromatic heterocycles. The molecule has 19 heavy (non-hydrogen) atoms. The van der Waals surface area contributed by atoms with Gasteiger partial charge in [0.25, 0.3) is 0 Å². The minimum atomic E-state index is -0.467. The molecule has 0 spiro atoms. The number of alkyl carbamates (subject to hydrolysis) is 1. The first kappa shape index (κ1) is 16.3. The van der Waals surface area contributed by atoms with E-state index in [2.05, 4.69) is 10.6 Å². The molecule has 1 aromatic rings. The lowest BCUT2D eigenvalue weighted by atomic mass is 10.2. The van der Waals surface area contributed by atoms with E-state index in [9.17, 15) is 4.79 Å². The van der Waals surface area contributed by atoms with Gasteiger partial charge in [0.15, 0.2) is 0 Å². The van der Waals surface area contributed by atoms with E-state index in [1.165, 1.54) is 4.88 Å². The summed E-state index contributed by atoms with van der Waals surface area (Å²) in [5.41, 5.74) is -0.467. The normalized spacial score (nSPS) is 13.1. The number of halogens is 1. The molecule has 0 fully saturated rings. The fourth-order valence-electron chi connectivity index (χ4n) is 1.42. The SMILES string of the molecule is CC(CNCc1cc(Cl)cs1)NC(=O)OC(C)(C)C. The van der Waals surface area contributed by atoms with Crippen molar-refractivity contribution in [3.63, 3.8) is 0 Å². The Morgan fingerprint density at radius 1 is 1.53 bits per heavy atom. The van der Waals surface area contributed by atoms with Gasteiger partial charge in [-0.15, -0.1) is 11.3 Å². The molecule has 1 unspecified atom stereocenters. The fourth-order valence-corrected chi connectivity index (χ4v) is 2.46. The number of carbonyl (C=O) groups excluding carboxylic acids is 1. The summed E-state index contributed by atoms with van der Waals surface area (Å²) >= 11 is 7.46. The van der Waals surface area contributed by atoms with Gasteiger partial charge in [0, 0.05) is 29.4 Å². The molecule has 108 valence electrons. The molecular weight excluding hydrogens is 284 g/mol. The van der Waals surface area contributed by atoms with Gasteiger partial charge in [-0.1, -0.05) is 11.6 Å². The second-order valence-corrected chi connectivity index (χ2v) is 6.84. The Morgan fingerprint density at radius 3 is 2.74 bits per heavy atom. The lowest BCUT2D eigenvalue weighted by Gasteiger charge is -2.22. The molecule has 2 N–H and O–H groups in total. The van der Waals surface area contributed by atoms with Gasteiger partial charge in [-0.2, -0.15) is 0 Å². The summed E-state index contributed by atoms with van der Waals surface area (Å²) in [6.45, 7) is 8.88. The van der Waals surface area contributed by atoms with Crippen LogP contribution in [0, 0.1) is 0 Å². The van der Waals surface area contributed by atoms with Crippen molar-refractivity contribution in [2.75, 3.05) is 6.54 Å². The second kappa shape index (κ2) is 7.12. The largest absolute Gasteiger partial charge is 0.444 e. The quantitative estimate of drug-likeness (QED) is 0.876. The van der Waals surface area contributed by atoms with Crippen LogP contribution in [-0.4, -0.2) is 24.3 Å². The van der Waals surface area contributed by atoms with Crippen LogP contribution in [0.25, 0.3) is 0 Å². The molecule has 1 atom stereocenters. The number of rotatable bonds is 5. The predicted molar refractivity (Wildman–Crippen MR) is 79.9 cm³/mol. The van der Waals surface area contributed by atoms with Crippen LogP contribution in [-0.2, 0) is 11.3 Å². The lowest BCUT2D eigenvalue weighted by molar-refractivity contribution is 0.0508. The molecular formula is C13H21ClN2O2S. The van der Waals surface area contributed by atoms with E-state index in [1.807, 2.05) is 39.1 Å². The standard InChI is InChI=1S/C13H21ClN2O2S/c1-9(16-12(17)18-13(2,3)4)6-15-7-11-5-10(14)8-19-11/h5,8-9,15H,6-7H2,1-4H3,(H,16,17). The topological polar surface area (TPSA) is 50.4 Å². The van der Waals surface area contributed by atoms with Gasteiger partial charge in [-0.05, 0) is 33.8 Å². The van der Waals surface area contributed by atoms with Crippen LogP contribution in [0.1, 0.15) is 32.6 Å². The van der Waals surface area contributed by atoms with E-state index in [0.717, 1.165) is 11.6 Å². The monoisotopic (exact) mass is 304 g/mol. The Labute approximate surface area is 123 Å². The summed E-state index contributed by atoms with van der Waals surface area (Å²) in [6, 6.07) is 1.94. The third-order valence-electron chi connectivity index (χ3n) is 2.13. The van der Waals surface area contributed by atoms with E-state index < -0.39 is 5.60 Å². The highest BCUT2D eigenvalue weighted by Gasteiger charge is 2.17. The first-order chi connectivity index (χ1) is 8.76. The summed E-state index contributed by atoms with van der Waals surface area (Å²) < 4.78 is 5.18. The van der Waals surface area contributed by atoms with Gasteiger partial charge in [0.1, 0.15) is 5.60 Å². The fraction of sp³-hybridized carbons (Fsp3) is 0.615. The number of nitrogens with one attached hydrogen (secondary N) is 2. The highest BCUT2D eigenvalue weighted by molar-refractivity contribution is 7.10. The molecule has 1 heterocycles. The Hall–Kier alpha value is -0.780. The summed E-state index contributed by atoms with van der Waals surface area (Å²) in [5.74, 6) is 0. The third kappa shape index (κ3) is 7.40. The van der Waals surface area contributed by atoms with Crippen LogP contribution in [0.5, 0.6) is 0 Å². The Balaban J connectivity index is 2.21. The van der Waals surface area contributed by atoms with Gasteiger partial charge < -0.3 is 15.4 Å². The first-order valence-electron chi connectivity index (χ1n) is 6.19. The minimum Gasteiger partial charge on any atom is -0.444 e. The Kier molecular flexibility index (Phi) is 6.10. The van der Waals surface area contributed by atoms with Crippen molar-refractivity contribution >= 4 is 29.0 Å². The average Bonchev–Trinajstić information content (AvgIpc) is 2.60. The zero-order valence-electron chi connectivity index (χ0n) is 11.7. The number of ether oxygens (including phenoxy) is 1. The van der Waals surface area contributed by atoms with Crippen molar-refractivity contribution in [1.29, 1.82) is 0 Å². The zero-order chi connectivity index (χ0) is 14.5. The number of amides is 1. The Morgan fingerprint density at radius 2 is 2.21 bits per heavy atom. The zero-order valence-corrected chi connectivity index (χ0v) is 13.3. The molecule has 0 aromatic carbocycles. The third-order valence-corrected chi connectivity index (χ3v) is 3.42. The van der Waals surface area contributed by atoms with Gasteiger partial charge in [-0.3, -0.25) is 0 Å². The van der Waals surface area contributed by atoms with Crippen molar-refractivity contribution in [1.82, 2.24) is 10.6 Å². The van der Waals surface area contributed by atoms with Crippen molar-refractivity contribution in [2.45, 2.75) is 45.9 Å². The molecule has 1 rings (SSSR count). The maximum absolute atomic E-state index is 11.5. The van der Waals surface area contributed by atoms with Crippen molar-refractivity contribution < 1.29 is 9.53 Å². The highest BCUT2D eigenvalue weighted by atomic mass is 35.5. The smallest absolute Gasteiger partial charge is 0.407 e. The van der Waals surface area contributed by atoms with Gasteiger partial charge in [0.2, 0.25) is 0 Å². The highest BCUT2D eigenvalue weighted by Crippen LogP contribution is 2.18. The maximum atomic E-state index is 11.5. The molecule has 0 saturated carbocycles. The van der Waals surface area contributed by atoms with E-state index in [-0.39, 0.29) is 12.1 Å². The van der Waals surface area contributed by atoms with Gasteiger partial charge in [-0.25, -0.2) is 4.79 Å². The van der Waals surface area contributed by atoms with Crippen molar-refractivity contribution in [3.8, 4) is 0 Å². The second-order valence-electron chi connectivity index (χ2n) is 5.41. The van der Waals surface area contributed by atoms with E-state index in [4.69, 9.17) is 16.3 Å². The molecule has 1 amide bonds. The summed E-state index contributed by atoms with van der Waals surface area (Å²) in [5, 5.41) is 8.72. The molecule has 0 radical (unpaired) electrons. The lowest BCUT2D eigenvalue weighted by Crippen LogP contribution is -2.42. The molecule has 0 saturated heterocycles. The number of hydrogen-bond donors (Lipinski definition) is 2. The van der Waals surface area contributed by atoms with E-state index in [1.54, 1.807) is 11.3 Å². The van der Waals surface area contributed by atoms with Crippen LogP contribution in [0.2, 0.25) is 5.02 Å². The number of carbonyl (C=O) groups is 1. The minimum absolute atomic E-state index is 0.00489. The van der Waals surface area contributed by atoms with Crippen LogP contribution in [0.3, 0.4) is 0 Å². The number of thiophene rings is 1. The van der Waals surface area contributed by atoms with Crippen molar-refractivity contribution in [2.24, 2.45) is 0 Å². The van der Waals surface area contributed by atoms with E-state index in [0.29, 0.717) is 6.54 Å². The summed E-state index contributed by atoms with van der Waals surface area (Å²) in [7, 11) is 0. The summed E-state index contributed by atoms with van der Waals surface area (Å²) in [4.78, 5) is 12.7. The molecule has 0 aliphatic heterocycles. The van der Waals surface area contributed by atoms with Crippen LogP contribution >= 0.6 is 22.9 Å².